The van der Waals surface area contributed by atoms with E-state index in [-0.39, 0.29) is 30.7 Å². The van der Waals surface area contributed by atoms with Crippen LogP contribution in [0.5, 0.6) is 5.75 Å². The summed E-state index contributed by atoms with van der Waals surface area (Å²) in [5.74, 6) is -0.161. The van der Waals surface area contributed by atoms with Crippen LogP contribution in [0.25, 0.3) is 0 Å². The first-order valence-corrected chi connectivity index (χ1v) is 8.89. The summed E-state index contributed by atoms with van der Waals surface area (Å²) in [4.78, 5) is 37.7. The number of benzene rings is 2. The van der Waals surface area contributed by atoms with E-state index >= 15 is 0 Å². The SMILES string of the molecule is COc1cccc(NC(=O)CN(C)C(=O)C[C@@H](NC(C)=O)c2ccccc2)c1. The van der Waals surface area contributed by atoms with E-state index in [1.165, 1.54) is 11.8 Å². The molecule has 0 aliphatic rings. The van der Waals surface area contributed by atoms with Gasteiger partial charge in [0.25, 0.3) is 0 Å². The van der Waals surface area contributed by atoms with Crippen molar-refractivity contribution < 1.29 is 19.1 Å². The van der Waals surface area contributed by atoms with Gasteiger partial charge in [-0.3, -0.25) is 14.4 Å². The quantitative estimate of drug-likeness (QED) is 0.733. The van der Waals surface area contributed by atoms with Gasteiger partial charge in [0.05, 0.1) is 26.1 Å². The van der Waals surface area contributed by atoms with Crippen molar-refractivity contribution in [2.45, 2.75) is 19.4 Å². The molecule has 0 bridgehead atoms. The topological polar surface area (TPSA) is 87.7 Å². The zero-order chi connectivity index (χ0) is 20.5. The molecule has 28 heavy (non-hydrogen) atoms. The molecule has 2 aromatic carbocycles. The zero-order valence-electron chi connectivity index (χ0n) is 16.3. The highest BCUT2D eigenvalue weighted by molar-refractivity contribution is 5.94. The second-order valence-electron chi connectivity index (χ2n) is 6.40. The van der Waals surface area contributed by atoms with E-state index in [1.807, 2.05) is 30.3 Å². The Morgan fingerprint density at radius 2 is 1.79 bits per heavy atom. The summed E-state index contributed by atoms with van der Waals surface area (Å²) >= 11 is 0. The summed E-state index contributed by atoms with van der Waals surface area (Å²) in [6.45, 7) is 1.31. The van der Waals surface area contributed by atoms with E-state index < -0.39 is 6.04 Å². The monoisotopic (exact) mass is 383 g/mol. The third kappa shape index (κ3) is 6.42. The summed E-state index contributed by atoms with van der Waals surface area (Å²) in [7, 11) is 3.11. The Bertz CT molecular complexity index is 823. The smallest absolute Gasteiger partial charge is 0.243 e. The van der Waals surface area contributed by atoms with Gasteiger partial charge in [-0.05, 0) is 17.7 Å². The molecule has 0 aromatic heterocycles. The average molecular weight is 383 g/mol. The van der Waals surface area contributed by atoms with Gasteiger partial charge in [0.2, 0.25) is 17.7 Å². The predicted octanol–water partition coefficient (Wildman–Crippen LogP) is 2.36. The fourth-order valence-corrected chi connectivity index (χ4v) is 2.72. The minimum absolute atomic E-state index is 0.0620. The van der Waals surface area contributed by atoms with Crippen LogP contribution in [0.3, 0.4) is 0 Å². The number of methoxy groups -OCH3 is 1. The van der Waals surface area contributed by atoms with Crippen LogP contribution in [0.1, 0.15) is 24.9 Å². The van der Waals surface area contributed by atoms with Crippen molar-refractivity contribution in [3.63, 3.8) is 0 Å². The molecule has 0 radical (unpaired) electrons. The number of ether oxygens (including phenoxy) is 1. The lowest BCUT2D eigenvalue weighted by molar-refractivity contribution is -0.134. The summed E-state index contributed by atoms with van der Waals surface area (Å²) in [6, 6.07) is 15.8. The highest BCUT2D eigenvalue weighted by Gasteiger charge is 2.20. The van der Waals surface area contributed by atoms with E-state index in [2.05, 4.69) is 10.6 Å². The molecule has 1 atom stereocenters. The van der Waals surface area contributed by atoms with Crippen molar-refractivity contribution in [1.29, 1.82) is 0 Å². The van der Waals surface area contributed by atoms with E-state index in [0.717, 1.165) is 5.56 Å². The molecule has 0 heterocycles. The highest BCUT2D eigenvalue weighted by atomic mass is 16.5. The Morgan fingerprint density at radius 3 is 2.43 bits per heavy atom. The van der Waals surface area contributed by atoms with Crippen molar-refractivity contribution in [3.05, 3.63) is 60.2 Å². The number of nitrogens with zero attached hydrogens (tertiary/aromatic N) is 1. The third-order valence-electron chi connectivity index (χ3n) is 4.12. The Hall–Kier alpha value is -3.35. The summed E-state index contributed by atoms with van der Waals surface area (Å²) < 4.78 is 5.12. The van der Waals surface area contributed by atoms with Crippen LogP contribution >= 0.6 is 0 Å². The van der Waals surface area contributed by atoms with Gasteiger partial charge in [0.1, 0.15) is 5.75 Å². The second kappa shape index (κ2) is 10.1. The van der Waals surface area contributed by atoms with Crippen LogP contribution in [0.15, 0.2) is 54.6 Å². The predicted molar refractivity (Wildman–Crippen MR) is 107 cm³/mol. The van der Waals surface area contributed by atoms with Crippen molar-refractivity contribution in [2.75, 3.05) is 26.0 Å². The van der Waals surface area contributed by atoms with Gasteiger partial charge >= 0.3 is 0 Å². The first-order valence-electron chi connectivity index (χ1n) is 8.89. The number of amides is 3. The standard InChI is InChI=1S/C21H25N3O4/c1-15(25)22-19(16-8-5-4-6-9-16)13-21(27)24(2)14-20(26)23-17-10-7-11-18(12-17)28-3/h4-12,19H,13-14H2,1-3H3,(H,22,25)(H,23,26)/t19-/m1/s1. The average Bonchev–Trinajstić information content (AvgIpc) is 2.67. The number of likely N-dealkylation sites (N-methyl/N-ethyl adjacent to an activating group) is 1. The summed E-state index contributed by atoms with van der Waals surface area (Å²) in [6.07, 6.45) is 0.0620. The number of hydrogen-bond donors (Lipinski definition) is 2. The summed E-state index contributed by atoms with van der Waals surface area (Å²) in [5.41, 5.74) is 1.42. The summed E-state index contributed by atoms with van der Waals surface area (Å²) in [5, 5.41) is 5.52. The van der Waals surface area contributed by atoms with Gasteiger partial charge in [0.15, 0.2) is 0 Å². The molecule has 0 saturated heterocycles. The molecule has 0 aliphatic heterocycles. The number of rotatable bonds is 8. The van der Waals surface area contributed by atoms with Crippen molar-refractivity contribution >= 4 is 23.4 Å². The molecule has 7 heteroatoms. The van der Waals surface area contributed by atoms with E-state index in [4.69, 9.17) is 4.74 Å². The molecule has 2 rings (SSSR count). The fourth-order valence-electron chi connectivity index (χ4n) is 2.72. The van der Waals surface area contributed by atoms with E-state index in [1.54, 1.807) is 38.4 Å². The Kier molecular flexibility index (Phi) is 7.56. The third-order valence-corrected chi connectivity index (χ3v) is 4.12. The molecular formula is C21H25N3O4. The number of carbonyl (C=O) groups is 3. The zero-order valence-corrected chi connectivity index (χ0v) is 16.3. The normalized spacial score (nSPS) is 11.2. The molecule has 3 amide bonds. The minimum atomic E-state index is -0.449. The maximum absolute atomic E-state index is 12.6. The number of nitrogens with one attached hydrogen (secondary N) is 2. The molecule has 7 nitrogen and oxygen atoms in total. The first kappa shape index (κ1) is 21.0. The van der Waals surface area contributed by atoms with E-state index in [0.29, 0.717) is 11.4 Å². The molecule has 148 valence electrons. The molecule has 0 unspecified atom stereocenters. The van der Waals surface area contributed by atoms with Gasteiger partial charge in [-0.1, -0.05) is 36.4 Å². The molecule has 0 spiro atoms. The van der Waals surface area contributed by atoms with Gasteiger partial charge in [0, 0.05) is 25.7 Å². The van der Waals surface area contributed by atoms with E-state index in [9.17, 15) is 14.4 Å². The lowest BCUT2D eigenvalue weighted by Gasteiger charge is -2.22. The molecule has 0 aliphatic carbocycles. The number of anilines is 1. The van der Waals surface area contributed by atoms with Gasteiger partial charge in [-0.2, -0.15) is 0 Å². The highest BCUT2D eigenvalue weighted by Crippen LogP contribution is 2.18. The lowest BCUT2D eigenvalue weighted by atomic mass is 10.0. The van der Waals surface area contributed by atoms with Crippen LogP contribution in [0.4, 0.5) is 5.69 Å². The van der Waals surface area contributed by atoms with Crippen molar-refractivity contribution in [1.82, 2.24) is 10.2 Å². The van der Waals surface area contributed by atoms with Gasteiger partial charge < -0.3 is 20.3 Å². The molecule has 2 aromatic rings. The van der Waals surface area contributed by atoms with Crippen molar-refractivity contribution in [3.8, 4) is 5.75 Å². The molecular weight excluding hydrogens is 358 g/mol. The Morgan fingerprint density at radius 1 is 1.07 bits per heavy atom. The minimum Gasteiger partial charge on any atom is -0.497 e. The van der Waals surface area contributed by atoms with Crippen LogP contribution < -0.4 is 15.4 Å². The largest absolute Gasteiger partial charge is 0.497 e. The second-order valence-corrected chi connectivity index (χ2v) is 6.40. The maximum atomic E-state index is 12.6. The lowest BCUT2D eigenvalue weighted by Crippen LogP contribution is -2.38. The fraction of sp³-hybridized carbons (Fsp3) is 0.286. The maximum Gasteiger partial charge on any atom is 0.243 e. The van der Waals surface area contributed by atoms with Crippen LogP contribution in [0, 0.1) is 0 Å². The van der Waals surface area contributed by atoms with Crippen LogP contribution in [-0.2, 0) is 14.4 Å². The molecule has 0 saturated carbocycles. The Balaban J connectivity index is 1.96. The molecule has 2 N–H and O–H groups in total. The number of hydrogen-bond acceptors (Lipinski definition) is 4. The number of carbonyl (C=O) groups excluding carboxylic acids is 3. The van der Waals surface area contributed by atoms with Gasteiger partial charge in [-0.15, -0.1) is 0 Å². The Labute approximate surface area is 164 Å². The first-order chi connectivity index (χ1) is 13.4. The molecule has 0 fully saturated rings. The van der Waals surface area contributed by atoms with Gasteiger partial charge in [-0.25, -0.2) is 0 Å². The van der Waals surface area contributed by atoms with Crippen LogP contribution in [0.2, 0.25) is 0 Å². The van der Waals surface area contributed by atoms with Crippen molar-refractivity contribution in [2.24, 2.45) is 0 Å². The van der Waals surface area contributed by atoms with Crippen LogP contribution in [-0.4, -0.2) is 43.3 Å².